The zero-order chi connectivity index (χ0) is 15.6. The fraction of sp³-hybridized carbons (Fsp3) is 0.667. The van der Waals surface area contributed by atoms with Gasteiger partial charge in [0.15, 0.2) is 5.13 Å². The number of nitrogens with one attached hydrogen (secondary N) is 1. The second kappa shape index (κ2) is 6.56. The Morgan fingerprint density at radius 3 is 2.62 bits per heavy atom. The van der Waals surface area contributed by atoms with Gasteiger partial charge in [0.25, 0.3) is 0 Å². The molecule has 1 aromatic heterocycles. The van der Waals surface area contributed by atoms with Crippen molar-refractivity contribution < 1.29 is 14.7 Å². The van der Waals surface area contributed by atoms with E-state index < -0.39 is 17.8 Å². The average molecular weight is 310 g/mol. The number of carboxylic acid groups (broad SMARTS) is 1. The molecule has 1 amide bonds. The van der Waals surface area contributed by atoms with Crippen LogP contribution in [0.15, 0.2) is 5.38 Å². The van der Waals surface area contributed by atoms with Gasteiger partial charge < -0.3 is 10.4 Å². The van der Waals surface area contributed by atoms with Crippen molar-refractivity contribution in [3.8, 4) is 0 Å². The SMILES string of the molecule is CCC1C[C@H](C(=O)Nc2nc(C(C)C)cs2)[C@H](C(=O)O)C1. The van der Waals surface area contributed by atoms with Crippen LogP contribution >= 0.6 is 11.3 Å². The normalized spacial score (nSPS) is 25.2. The number of anilines is 1. The van der Waals surface area contributed by atoms with Gasteiger partial charge in [-0.1, -0.05) is 27.2 Å². The first kappa shape index (κ1) is 15.9. The number of carbonyl (C=O) groups is 2. The molecule has 5 nitrogen and oxygen atoms in total. The molecular weight excluding hydrogens is 288 g/mol. The van der Waals surface area contributed by atoms with Crippen molar-refractivity contribution in [3.63, 3.8) is 0 Å². The number of thiazole rings is 1. The molecule has 0 radical (unpaired) electrons. The second-order valence-electron chi connectivity index (χ2n) is 6.02. The third-order valence-corrected chi connectivity index (χ3v) is 5.01. The van der Waals surface area contributed by atoms with Crippen molar-refractivity contribution in [3.05, 3.63) is 11.1 Å². The number of nitrogens with zero attached hydrogens (tertiary/aromatic N) is 1. The minimum absolute atomic E-state index is 0.206. The molecule has 1 aliphatic rings. The van der Waals surface area contributed by atoms with E-state index in [1.807, 2.05) is 26.2 Å². The smallest absolute Gasteiger partial charge is 0.307 e. The van der Waals surface area contributed by atoms with Gasteiger partial charge in [0.05, 0.1) is 17.5 Å². The molecule has 0 bridgehead atoms. The molecule has 3 atom stereocenters. The standard InChI is InChI=1S/C15H22N2O3S/c1-4-9-5-10(11(6-9)14(19)20)13(18)17-15-16-12(7-21-15)8(2)3/h7-11H,4-6H2,1-3H3,(H,19,20)(H,16,17,18)/t9?,10-,11+/m0/s1. The summed E-state index contributed by atoms with van der Waals surface area (Å²) >= 11 is 1.39. The molecule has 1 unspecified atom stereocenters. The Labute approximate surface area is 128 Å². The Morgan fingerprint density at radius 2 is 2.10 bits per heavy atom. The third kappa shape index (κ3) is 3.61. The lowest BCUT2D eigenvalue weighted by Gasteiger charge is -2.14. The van der Waals surface area contributed by atoms with E-state index in [2.05, 4.69) is 10.3 Å². The second-order valence-corrected chi connectivity index (χ2v) is 6.88. The molecule has 1 aromatic rings. The number of hydrogen-bond acceptors (Lipinski definition) is 4. The van der Waals surface area contributed by atoms with E-state index in [-0.39, 0.29) is 5.91 Å². The van der Waals surface area contributed by atoms with Gasteiger partial charge in [-0.3, -0.25) is 9.59 Å². The first-order valence-corrected chi connectivity index (χ1v) is 8.29. The van der Waals surface area contributed by atoms with Crippen molar-refractivity contribution in [2.24, 2.45) is 17.8 Å². The monoisotopic (exact) mass is 310 g/mol. The van der Waals surface area contributed by atoms with Crippen LogP contribution in [-0.4, -0.2) is 22.0 Å². The largest absolute Gasteiger partial charge is 0.481 e. The molecule has 1 saturated carbocycles. The summed E-state index contributed by atoms with van der Waals surface area (Å²) in [5.74, 6) is -1.45. The highest BCUT2D eigenvalue weighted by Gasteiger charge is 2.42. The van der Waals surface area contributed by atoms with Crippen molar-refractivity contribution in [2.75, 3.05) is 5.32 Å². The maximum atomic E-state index is 12.4. The van der Waals surface area contributed by atoms with Gasteiger partial charge in [-0.05, 0) is 24.7 Å². The van der Waals surface area contributed by atoms with Gasteiger partial charge in [-0.2, -0.15) is 0 Å². The number of aliphatic carboxylic acids is 1. The quantitative estimate of drug-likeness (QED) is 0.874. The molecule has 1 aliphatic carbocycles. The van der Waals surface area contributed by atoms with Gasteiger partial charge in [0.2, 0.25) is 5.91 Å². The summed E-state index contributed by atoms with van der Waals surface area (Å²) in [5.41, 5.74) is 0.947. The van der Waals surface area contributed by atoms with Gasteiger partial charge in [-0.25, -0.2) is 4.98 Å². The summed E-state index contributed by atoms with van der Waals surface area (Å²) in [4.78, 5) is 28.1. The Hall–Kier alpha value is -1.43. The lowest BCUT2D eigenvalue weighted by molar-refractivity contribution is -0.145. The van der Waals surface area contributed by atoms with Crippen molar-refractivity contribution in [1.82, 2.24) is 4.98 Å². The van der Waals surface area contributed by atoms with Crippen LogP contribution in [0.3, 0.4) is 0 Å². The maximum absolute atomic E-state index is 12.4. The highest BCUT2D eigenvalue weighted by molar-refractivity contribution is 7.13. The van der Waals surface area contributed by atoms with Crippen LogP contribution in [0, 0.1) is 17.8 Å². The molecule has 116 valence electrons. The highest BCUT2D eigenvalue weighted by atomic mass is 32.1. The average Bonchev–Trinajstić information content (AvgIpc) is 3.04. The molecule has 1 fully saturated rings. The molecule has 21 heavy (non-hydrogen) atoms. The first-order valence-electron chi connectivity index (χ1n) is 7.41. The summed E-state index contributed by atoms with van der Waals surface area (Å²) in [6.45, 7) is 6.13. The molecule has 6 heteroatoms. The predicted octanol–water partition coefficient (Wildman–Crippen LogP) is 3.34. The van der Waals surface area contributed by atoms with Crippen molar-refractivity contribution in [2.45, 2.75) is 46.0 Å². The van der Waals surface area contributed by atoms with Crippen molar-refractivity contribution >= 4 is 28.3 Å². The topological polar surface area (TPSA) is 79.3 Å². The summed E-state index contributed by atoms with van der Waals surface area (Å²) in [6, 6.07) is 0. The summed E-state index contributed by atoms with van der Waals surface area (Å²) in [7, 11) is 0. The van der Waals surface area contributed by atoms with E-state index in [1.54, 1.807) is 0 Å². The van der Waals surface area contributed by atoms with Gasteiger partial charge in [0, 0.05) is 5.38 Å². The van der Waals surface area contributed by atoms with Gasteiger partial charge >= 0.3 is 5.97 Å². The number of aromatic nitrogens is 1. The molecule has 2 rings (SSSR count). The summed E-state index contributed by atoms with van der Waals surface area (Å²) < 4.78 is 0. The van der Waals surface area contributed by atoms with E-state index in [4.69, 9.17) is 0 Å². The van der Waals surface area contributed by atoms with E-state index >= 15 is 0 Å². The Kier molecular flexibility index (Phi) is 4.98. The van der Waals surface area contributed by atoms with Crippen LogP contribution in [0.5, 0.6) is 0 Å². The summed E-state index contributed by atoms with van der Waals surface area (Å²) in [5, 5.41) is 14.6. The van der Waals surface area contributed by atoms with Crippen LogP contribution in [-0.2, 0) is 9.59 Å². The van der Waals surface area contributed by atoms with Crippen LogP contribution in [0.2, 0.25) is 0 Å². The molecule has 0 aromatic carbocycles. The van der Waals surface area contributed by atoms with Crippen LogP contribution in [0.25, 0.3) is 0 Å². The number of amides is 1. The first-order chi connectivity index (χ1) is 9.92. The minimum atomic E-state index is -0.867. The lowest BCUT2D eigenvalue weighted by atomic mass is 9.95. The van der Waals surface area contributed by atoms with Gasteiger partial charge in [0.1, 0.15) is 0 Å². The number of carboxylic acids is 1. The number of rotatable bonds is 5. The zero-order valence-electron chi connectivity index (χ0n) is 12.6. The van der Waals surface area contributed by atoms with E-state index in [9.17, 15) is 14.7 Å². The third-order valence-electron chi connectivity index (χ3n) is 4.24. The van der Waals surface area contributed by atoms with Gasteiger partial charge in [-0.15, -0.1) is 11.3 Å². The molecule has 0 aliphatic heterocycles. The highest BCUT2D eigenvalue weighted by Crippen LogP contribution is 2.39. The number of hydrogen-bond donors (Lipinski definition) is 2. The fourth-order valence-electron chi connectivity index (χ4n) is 2.85. The molecule has 0 saturated heterocycles. The summed E-state index contributed by atoms with van der Waals surface area (Å²) in [6.07, 6.45) is 2.17. The predicted molar refractivity (Wildman–Crippen MR) is 82.5 cm³/mol. The Morgan fingerprint density at radius 1 is 1.43 bits per heavy atom. The maximum Gasteiger partial charge on any atom is 0.307 e. The molecule has 1 heterocycles. The fourth-order valence-corrected chi connectivity index (χ4v) is 3.72. The Balaban J connectivity index is 2.05. The minimum Gasteiger partial charge on any atom is -0.481 e. The van der Waals surface area contributed by atoms with E-state index in [0.717, 1.165) is 12.1 Å². The van der Waals surface area contributed by atoms with E-state index in [0.29, 0.717) is 29.8 Å². The lowest BCUT2D eigenvalue weighted by Crippen LogP contribution is -2.29. The van der Waals surface area contributed by atoms with Crippen LogP contribution in [0.4, 0.5) is 5.13 Å². The molecule has 0 spiro atoms. The van der Waals surface area contributed by atoms with Crippen molar-refractivity contribution in [1.29, 1.82) is 0 Å². The van der Waals surface area contributed by atoms with Crippen LogP contribution in [0.1, 0.15) is 51.6 Å². The zero-order valence-corrected chi connectivity index (χ0v) is 13.4. The molecule has 2 N–H and O–H groups in total. The Bertz CT molecular complexity index is 527. The van der Waals surface area contributed by atoms with E-state index in [1.165, 1.54) is 11.3 Å². The van der Waals surface area contributed by atoms with Crippen LogP contribution < -0.4 is 5.32 Å². The number of carbonyl (C=O) groups excluding carboxylic acids is 1. The molecular formula is C15H22N2O3S.